The van der Waals surface area contributed by atoms with Gasteiger partial charge < -0.3 is 34.8 Å². The zero-order valence-electron chi connectivity index (χ0n) is 33.1. The van der Waals surface area contributed by atoms with Crippen molar-refractivity contribution in [3.8, 4) is 0 Å². The van der Waals surface area contributed by atoms with Gasteiger partial charge in [-0.1, -0.05) is 24.3 Å². The predicted octanol–water partition coefficient (Wildman–Crippen LogP) is 1.39. The molecule has 2 heterocycles. The highest BCUT2D eigenvalue weighted by Crippen LogP contribution is 2.45. The van der Waals surface area contributed by atoms with Crippen molar-refractivity contribution in [3.05, 3.63) is 60.0 Å². The summed E-state index contributed by atoms with van der Waals surface area (Å²) in [6.07, 6.45) is 2.06. The van der Waals surface area contributed by atoms with Gasteiger partial charge in [0.1, 0.15) is 35.1 Å². The number of amides is 6. The van der Waals surface area contributed by atoms with Crippen molar-refractivity contribution in [2.24, 2.45) is 5.92 Å². The summed E-state index contributed by atoms with van der Waals surface area (Å²) in [5.74, 6) is -4.22. The minimum absolute atomic E-state index is 0.0382. The molecule has 19 heteroatoms. The lowest BCUT2D eigenvalue weighted by Crippen LogP contribution is -2.60. The van der Waals surface area contributed by atoms with Gasteiger partial charge in [0, 0.05) is 44.1 Å². The molecule has 6 amide bonds. The maximum absolute atomic E-state index is 14.5. The summed E-state index contributed by atoms with van der Waals surface area (Å²) in [5.41, 5.74) is -1.70. The number of likely N-dealkylation sites (tertiary alicyclic amines) is 1. The lowest BCUT2D eigenvalue weighted by atomic mass is 10.1. The molecule has 2 unspecified atom stereocenters. The highest BCUT2D eigenvalue weighted by atomic mass is 32.2. The third-order valence-electron chi connectivity index (χ3n) is 10.1. The number of halogens is 1. The number of nitrogens with zero attached hydrogens (tertiary/aromatic N) is 4. The van der Waals surface area contributed by atoms with Crippen molar-refractivity contribution in [2.75, 3.05) is 40.8 Å². The van der Waals surface area contributed by atoms with Gasteiger partial charge in [-0.15, -0.1) is 6.58 Å². The molecule has 312 valence electrons. The van der Waals surface area contributed by atoms with Crippen molar-refractivity contribution in [1.29, 1.82) is 0 Å². The van der Waals surface area contributed by atoms with Crippen molar-refractivity contribution in [1.82, 2.24) is 35.0 Å². The summed E-state index contributed by atoms with van der Waals surface area (Å²) in [5, 5.41) is 4.47. The fourth-order valence-electron chi connectivity index (χ4n) is 6.81. The molecule has 1 aromatic rings. The van der Waals surface area contributed by atoms with Gasteiger partial charge in [0.25, 0.3) is 5.91 Å². The van der Waals surface area contributed by atoms with E-state index in [0.717, 1.165) is 4.90 Å². The fraction of sp³-hybridized carbons (Fsp3) is 0.579. The third-order valence-corrected chi connectivity index (χ3v) is 11.9. The highest BCUT2D eigenvalue weighted by Gasteiger charge is 2.62. The van der Waals surface area contributed by atoms with E-state index < -0.39 is 92.2 Å². The second-order valence-corrected chi connectivity index (χ2v) is 18.2. The molecule has 0 radical (unpaired) electrons. The van der Waals surface area contributed by atoms with E-state index >= 15 is 0 Å². The van der Waals surface area contributed by atoms with E-state index in [1.54, 1.807) is 32.9 Å². The zero-order chi connectivity index (χ0) is 42.0. The number of rotatable bonds is 14. The van der Waals surface area contributed by atoms with Crippen LogP contribution in [-0.2, 0) is 51.8 Å². The summed E-state index contributed by atoms with van der Waals surface area (Å²) in [6, 6.07) is 1.64. The van der Waals surface area contributed by atoms with E-state index in [0.29, 0.717) is 30.5 Å². The van der Waals surface area contributed by atoms with Crippen LogP contribution in [0.1, 0.15) is 57.6 Å². The molecule has 3 N–H and O–H groups in total. The number of fused-ring (bicyclic) bond motifs is 1. The van der Waals surface area contributed by atoms with Crippen LogP contribution in [-0.4, -0.2) is 139 Å². The standard InChI is InChI=1S/C38H52FN7O10S/c1-8-24-18-38(24,34(50)42-57(53,54)26-14-15-26)41-32(48)30-17-25(55-36(52)45-19-23-11-9-12-28(39)27(23)21-45)20-46(30)33(49)29(40-35(51)56-37(2,3)4)22-44(7)31(47)13-10-16-43(5)6/h8-13,24-26,29-30H,1,14-22H2,2-7H3,(H,40,51)(H,41,48)(H,42,50)/t24-,25?,29?,30+,38-/m1/s1. The van der Waals surface area contributed by atoms with Crippen molar-refractivity contribution in [3.63, 3.8) is 0 Å². The molecule has 1 aromatic carbocycles. The molecule has 0 aromatic heterocycles. The summed E-state index contributed by atoms with van der Waals surface area (Å²) in [6.45, 7) is 8.35. The normalized spacial score (nSPS) is 23.4. The molecule has 4 aliphatic rings. The molecule has 1 saturated heterocycles. The molecule has 2 aliphatic heterocycles. The first-order valence-corrected chi connectivity index (χ1v) is 20.3. The molecule has 2 saturated carbocycles. The van der Waals surface area contributed by atoms with Gasteiger partial charge in [-0.2, -0.15) is 0 Å². The quantitative estimate of drug-likeness (QED) is 0.181. The lowest BCUT2D eigenvalue weighted by molar-refractivity contribution is -0.142. The van der Waals surface area contributed by atoms with Crippen LogP contribution in [0.15, 0.2) is 43.0 Å². The van der Waals surface area contributed by atoms with Crippen LogP contribution in [0.3, 0.4) is 0 Å². The Morgan fingerprint density at radius 2 is 1.81 bits per heavy atom. The number of alkyl carbamates (subject to hydrolysis) is 1. The van der Waals surface area contributed by atoms with Gasteiger partial charge in [0.2, 0.25) is 27.7 Å². The molecular weight excluding hydrogens is 766 g/mol. The van der Waals surface area contributed by atoms with Gasteiger partial charge in [-0.05, 0) is 65.8 Å². The van der Waals surface area contributed by atoms with E-state index in [1.807, 2.05) is 19.0 Å². The van der Waals surface area contributed by atoms with E-state index in [1.165, 1.54) is 41.1 Å². The number of nitrogens with one attached hydrogen (secondary N) is 3. The number of hydrogen-bond acceptors (Lipinski definition) is 11. The molecule has 3 fully saturated rings. The topological polar surface area (TPSA) is 204 Å². The largest absolute Gasteiger partial charge is 0.444 e. The van der Waals surface area contributed by atoms with Gasteiger partial charge in [0.05, 0.1) is 24.9 Å². The average Bonchev–Trinajstić information content (AvgIpc) is 4.00. The Kier molecular flexibility index (Phi) is 12.7. The number of sulfonamides is 1. The molecule has 0 bridgehead atoms. The van der Waals surface area contributed by atoms with Crippen molar-refractivity contribution >= 4 is 45.8 Å². The number of benzene rings is 1. The van der Waals surface area contributed by atoms with Crippen LogP contribution in [0, 0.1) is 11.7 Å². The Hall–Kier alpha value is -5.04. The minimum Gasteiger partial charge on any atom is -0.444 e. The van der Waals surface area contributed by atoms with Crippen LogP contribution < -0.4 is 15.4 Å². The fourth-order valence-corrected chi connectivity index (χ4v) is 8.18. The van der Waals surface area contributed by atoms with Gasteiger partial charge in [-0.25, -0.2) is 22.4 Å². The third kappa shape index (κ3) is 10.5. The molecule has 5 atom stereocenters. The van der Waals surface area contributed by atoms with Crippen LogP contribution in [0.25, 0.3) is 0 Å². The number of likely N-dealkylation sites (N-methyl/N-ethyl adjacent to an activating group) is 2. The Balaban J connectivity index is 1.41. The number of hydrogen-bond donors (Lipinski definition) is 3. The Labute approximate surface area is 332 Å². The molecule has 0 spiro atoms. The minimum atomic E-state index is -3.98. The second kappa shape index (κ2) is 16.8. The first-order chi connectivity index (χ1) is 26.6. The number of carbonyl (C=O) groups is 6. The van der Waals surface area contributed by atoms with E-state index in [9.17, 15) is 41.6 Å². The predicted molar refractivity (Wildman–Crippen MR) is 204 cm³/mol. The SMILES string of the molecule is C=C[C@@H]1C[C@]1(NC(=O)[C@@H]1CC(OC(=O)N2Cc3cccc(F)c3C2)CN1C(=O)C(CN(C)C(=O)C=CCN(C)C)NC(=O)OC(C)(C)C)C(=O)NS(=O)(=O)C1CC1. The lowest BCUT2D eigenvalue weighted by Gasteiger charge is -2.31. The molecule has 17 nitrogen and oxygen atoms in total. The Bertz CT molecular complexity index is 1930. The second-order valence-electron chi connectivity index (χ2n) is 16.2. The maximum Gasteiger partial charge on any atom is 0.410 e. The Morgan fingerprint density at radius 3 is 2.40 bits per heavy atom. The van der Waals surface area contributed by atoms with E-state index in [4.69, 9.17) is 9.47 Å². The maximum atomic E-state index is 14.5. The summed E-state index contributed by atoms with van der Waals surface area (Å²) in [7, 11) is 1.08. The summed E-state index contributed by atoms with van der Waals surface area (Å²) in [4.78, 5) is 87.2. The van der Waals surface area contributed by atoms with Crippen LogP contribution in [0.2, 0.25) is 0 Å². The first-order valence-electron chi connectivity index (χ1n) is 18.7. The Morgan fingerprint density at radius 1 is 1.11 bits per heavy atom. The van der Waals surface area contributed by atoms with E-state index in [-0.39, 0.29) is 39.0 Å². The van der Waals surface area contributed by atoms with Crippen molar-refractivity contribution in [2.45, 2.75) is 94.1 Å². The molecular formula is C38H52FN7O10S. The van der Waals surface area contributed by atoms with Crippen molar-refractivity contribution < 1.29 is 51.0 Å². The molecule has 5 rings (SSSR count). The number of carbonyl (C=O) groups excluding carboxylic acids is 6. The smallest absolute Gasteiger partial charge is 0.410 e. The van der Waals surface area contributed by atoms with Crippen LogP contribution in [0.5, 0.6) is 0 Å². The van der Waals surface area contributed by atoms with Gasteiger partial charge in [-0.3, -0.25) is 28.8 Å². The first kappa shape index (κ1) is 43.1. The molecule has 57 heavy (non-hydrogen) atoms. The van der Waals surface area contributed by atoms with Gasteiger partial charge >= 0.3 is 12.2 Å². The monoisotopic (exact) mass is 817 g/mol. The molecule has 2 aliphatic carbocycles. The zero-order valence-corrected chi connectivity index (χ0v) is 33.9. The van der Waals surface area contributed by atoms with Gasteiger partial charge in [0.15, 0.2) is 0 Å². The summed E-state index contributed by atoms with van der Waals surface area (Å²) >= 11 is 0. The highest BCUT2D eigenvalue weighted by molar-refractivity contribution is 7.91. The summed E-state index contributed by atoms with van der Waals surface area (Å²) < 4.78 is 53.2. The van der Waals surface area contributed by atoms with E-state index in [2.05, 4.69) is 21.9 Å². The number of ether oxygens (including phenoxy) is 2. The van der Waals surface area contributed by atoms with Crippen LogP contribution in [0.4, 0.5) is 14.0 Å². The average molecular weight is 818 g/mol. The van der Waals surface area contributed by atoms with Crippen LogP contribution >= 0.6 is 0 Å².